The maximum Gasteiger partial charge on any atom is 0.255 e. The lowest BCUT2D eigenvalue weighted by Crippen LogP contribution is -2.41. The first-order valence-electron chi connectivity index (χ1n) is 17.5. The average Bonchev–Trinajstić information content (AvgIpc) is 3.12. The molecule has 0 bridgehead atoms. The Balaban J connectivity index is 1.14. The van der Waals surface area contributed by atoms with E-state index in [1.807, 2.05) is 91.8 Å². The van der Waals surface area contributed by atoms with Crippen LogP contribution in [0.4, 0.5) is 11.8 Å². The number of carbonyl (C=O) groups is 2. The Bertz CT molecular complexity index is 1660. The summed E-state index contributed by atoms with van der Waals surface area (Å²) < 4.78 is 0. The van der Waals surface area contributed by atoms with Crippen LogP contribution in [0.1, 0.15) is 108 Å². The number of benzene rings is 3. The molecule has 0 unspecified atom stereocenters. The molecule has 250 valence electrons. The van der Waals surface area contributed by atoms with Crippen LogP contribution in [0.25, 0.3) is 0 Å². The SMILES string of the molecule is C[C@@H](c1ccccc1)N(C(=O)c1ccccc1C(=O)NC1CCC(Nc2nc3c(c(N(C)C)n2)CCCC3)CC1)[C@@H](C)c1ccccc1. The third kappa shape index (κ3) is 7.38. The van der Waals surface area contributed by atoms with Gasteiger partial charge in [-0.3, -0.25) is 9.59 Å². The van der Waals surface area contributed by atoms with Gasteiger partial charge in [-0.15, -0.1) is 0 Å². The van der Waals surface area contributed by atoms with E-state index < -0.39 is 0 Å². The van der Waals surface area contributed by atoms with Crippen LogP contribution in [0.5, 0.6) is 0 Å². The van der Waals surface area contributed by atoms with Crippen molar-refractivity contribution in [2.45, 2.75) is 89.4 Å². The number of rotatable bonds is 10. The highest BCUT2D eigenvalue weighted by Crippen LogP contribution is 2.33. The number of nitrogens with zero attached hydrogens (tertiary/aromatic N) is 4. The Kier molecular flexibility index (Phi) is 10.4. The predicted octanol–water partition coefficient (Wildman–Crippen LogP) is 7.54. The van der Waals surface area contributed by atoms with E-state index in [-0.39, 0.29) is 36.0 Å². The summed E-state index contributed by atoms with van der Waals surface area (Å²) in [7, 11) is 4.09. The third-order valence-electron chi connectivity index (χ3n) is 10.0. The average molecular weight is 645 g/mol. The number of carbonyl (C=O) groups excluding carboxylic acids is 2. The van der Waals surface area contributed by atoms with Crippen molar-refractivity contribution in [1.29, 1.82) is 0 Å². The van der Waals surface area contributed by atoms with Gasteiger partial charge in [0.15, 0.2) is 0 Å². The first kappa shape index (κ1) is 33.2. The second kappa shape index (κ2) is 15.0. The Hall–Kier alpha value is -4.72. The van der Waals surface area contributed by atoms with E-state index in [1.165, 1.54) is 24.1 Å². The Morgan fingerprint density at radius 1 is 0.708 bits per heavy atom. The molecule has 4 aromatic rings. The minimum Gasteiger partial charge on any atom is -0.362 e. The lowest BCUT2D eigenvalue weighted by Gasteiger charge is -2.36. The smallest absolute Gasteiger partial charge is 0.255 e. The molecule has 2 aliphatic carbocycles. The molecule has 2 aliphatic rings. The van der Waals surface area contributed by atoms with Crippen molar-refractivity contribution in [1.82, 2.24) is 20.2 Å². The molecular formula is C40H48N6O2. The Morgan fingerprint density at radius 2 is 1.25 bits per heavy atom. The summed E-state index contributed by atoms with van der Waals surface area (Å²) >= 11 is 0. The first-order chi connectivity index (χ1) is 23.3. The maximum atomic E-state index is 14.5. The van der Waals surface area contributed by atoms with E-state index in [9.17, 15) is 9.59 Å². The van der Waals surface area contributed by atoms with Crippen LogP contribution >= 0.6 is 0 Å². The number of aromatic nitrogens is 2. The molecule has 0 spiro atoms. The van der Waals surface area contributed by atoms with Gasteiger partial charge in [-0.05, 0) is 88.5 Å². The van der Waals surface area contributed by atoms with E-state index in [1.54, 1.807) is 12.1 Å². The molecule has 2 N–H and O–H groups in total. The summed E-state index contributed by atoms with van der Waals surface area (Å²) in [5.41, 5.74) is 5.36. The number of fused-ring (bicyclic) bond motifs is 1. The zero-order chi connectivity index (χ0) is 33.6. The number of hydrogen-bond donors (Lipinski definition) is 2. The summed E-state index contributed by atoms with van der Waals surface area (Å²) in [5.74, 6) is 1.36. The number of amides is 2. The molecule has 1 fully saturated rings. The van der Waals surface area contributed by atoms with Gasteiger partial charge >= 0.3 is 0 Å². The summed E-state index contributed by atoms with van der Waals surface area (Å²) in [6.45, 7) is 4.11. The fraction of sp³-hybridized carbons (Fsp3) is 0.400. The standard InChI is InChI=1S/C40H48N6O2/c1-27(29-15-7-5-8-16-29)46(28(2)30-17-9-6-10-18-30)39(48)34-20-12-11-19-33(34)38(47)41-31-23-25-32(26-24-31)42-40-43-36-22-14-13-21-35(36)37(44-40)45(3)4/h5-12,15-20,27-28,31-32H,13-14,21-26H2,1-4H3,(H,41,47)(H,42,43,44)/t27-,28-,31?,32?/m0/s1. The zero-order valence-electron chi connectivity index (χ0n) is 28.7. The van der Waals surface area contributed by atoms with Crippen molar-refractivity contribution in [2.75, 3.05) is 24.3 Å². The summed E-state index contributed by atoms with van der Waals surface area (Å²) in [4.78, 5) is 42.1. The normalized spacial score (nSPS) is 18.6. The molecular weight excluding hydrogens is 596 g/mol. The lowest BCUT2D eigenvalue weighted by molar-refractivity contribution is 0.0599. The second-order valence-corrected chi connectivity index (χ2v) is 13.5. The van der Waals surface area contributed by atoms with E-state index in [2.05, 4.69) is 29.4 Å². The molecule has 2 amide bonds. The van der Waals surface area contributed by atoms with Gasteiger partial charge in [-0.25, -0.2) is 4.98 Å². The van der Waals surface area contributed by atoms with Crippen molar-refractivity contribution < 1.29 is 9.59 Å². The third-order valence-corrected chi connectivity index (χ3v) is 10.0. The van der Waals surface area contributed by atoms with Crippen LogP contribution in [0.3, 0.4) is 0 Å². The highest BCUT2D eigenvalue weighted by Gasteiger charge is 2.32. The van der Waals surface area contributed by atoms with Gasteiger partial charge in [-0.2, -0.15) is 4.98 Å². The molecule has 8 nitrogen and oxygen atoms in total. The quantitative estimate of drug-likeness (QED) is 0.185. The van der Waals surface area contributed by atoms with Gasteiger partial charge in [0.1, 0.15) is 5.82 Å². The summed E-state index contributed by atoms with van der Waals surface area (Å²) in [6, 6.07) is 27.2. The Morgan fingerprint density at radius 3 is 1.85 bits per heavy atom. The minimum atomic E-state index is -0.208. The molecule has 6 rings (SSSR count). The van der Waals surface area contributed by atoms with Crippen molar-refractivity contribution in [3.05, 3.63) is 118 Å². The molecule has 0 saturated heterocycles. The predicted molar refractivity (Wildman–Crippen MR) is 192 cm³/mol. The molecule has 1 heterocycles. The van der Waals surface area contributed by atoms with Crippen LogP contribution in [0.15, 0.2) is 84.9 Å². The number of aryl methyl sites for hydroxylation is 1. The molecule has 0 aliphatic heterocycles. The van der Waals surface area contributed by atoms with Crippen LogP contribution < -0.4 is 15.5 Å². The molecule has 0 radical (unpaired) electrons. The molecule has 8 heteroatoms. The molecule has 3 aromatic carbocycles. The number of nitrogens with one attached hydrogen (secondary N) is 2. The van der Waals surface area contributed by atoms with E-state index >= 15 is 0 Å². The van der Waals surface area contributed by atoms with Crippen LogP contribution in [-0.2, 0) is 12.8 Å². The van der Waals surface area contributed by atoms with Crippen LogP contribution in [0.2, 0.25) is 0 Å². The fourth-order valence-corrected chi connectivity index (χ4v) is 7.31. The van der Waals surface area contributed by atoms with Gasteiger partial charge in [0, 0.05) is 31.7 Å². The lowest BCUT2D eigenvalue weighted by atomic mass is 9.90. The molecule has 1 saturated carbocycles. The van der Waals surface area contributed by atoms with Gasteiger partial charge in [0.2, 0.25) is 5.95 Å². The molecule has 2 atom stereocenters. The second-order valence-electron chi connectivity index (χ2n) is 13.5. The van der Waals surface area contributed by atoms with E-state index in [0.29, 0.717) is 17.1 Å². The maximum absolute atomic E-state index is 14.5. The molecule has 48 heavy (non-hydrogen) atoms. The molecule has 1 aromatic heterocycles. The number of hydrogen-bond acceptors (Lipinski definition) is 6. The van der Waals surface area contributed by atoms with E-state index in [4.69, 9.17) is 9.97 Å². The minimum absolute atomic E-state index is 0.0306. The van der Waals surface area contributed by atoms with Gasteiger partial charge in [-0.1, -0.05) is 72.8 Å². The van der Waals surface area contributed by atoms with Crippen molar-refractivity contribution in [3.8, 4) is 0 Å². The van der Waals surface area contributed by atoms with Crippen molar-refractivity contribution >= 4 is 23.6 Å². The van der Waals surface area contributed by atoms with Gasteiger partial charge in [0.05, 0.1) is 28.9 Å². The highest BCUT2D eigenvalue weighted by molar-refractivity contribution is 6.07. The highest BCUT2D eigenvalue weighted by atomic mass is 16.2. The first-order valence-corrected chi connectivity index (χ1v) is 17.5. The topological polar surface area (TPSA) is 90.5 Å². The largest absolute Gasteiger partial charge is 0.362 e. The van der Waals surface area contributed by atoms with Crippen molar-refractivity contribution in [3.63, 3.8) is 0 Å². The Labute approximate surface area is 285 Å². The van der Waals surface area contributed by atoms with Crippen LogP contribution in [-0.4, -0.2) is 52.9 Å². The van der Waals surface area contributed by atoms with Crippen molar-refractivity contribution in [2.24, 2.45) is 0 Å². The summed E-state index contributed by atoms with van der Waals surface area (Å²) in [6.07, 6.45) is 7.89. The van der Waals surface area contributed by atoms with E-state index in [0.717, 1.165) is 55.5 Å². The van der Waals surface area contributed by atoms with Gasteiger partial charge < -0.3 is 20.4 Å². The zero-order valence-corrected chi connectivity index (χ0v) is 28.7. The van der Waals surface area contributed by atoms with Crippen LogP contribution in [0, 0.1) is 0 Å². The monoisotopic (exact) mass is 644 g/mol. The fourth-order valence-electron chi connectivity index (χ4n) is 7.31. The number of anilines is 2. The van der Waals surface area contributed by atoms with Gasteiger partial charge in [0.25, 0.3) is 11.8 Å². The summed E-state index contributed by atoms with van der Waals surface area (Å²) in [5, 5.41) is 6.87.